The summed E-state index contributed by atoms with van der Waals surface area (Å²) < 4.78 is 66.4. The van der Waals surface area contributed by atoms with Crippen molar-refractivity contribution in [1.82, 2.24) is 20.0 Å². The number of nitrogens with one attached hydrogen (secondary N) is 1. The van der Waals surface area contributed by atoms with Crippen LogP contribution in [-0.4, -0.2) is 53.8 Å². The first-order valence-electron chi connectivity index (χ1n) is 11.2. The van der Waals surface area contributed by atoms with E-state index in [1.165, 1.54) is 38.3 Å². The first-order valence-corrected chi connectivity index (χ1v) is 11.2. The van der Waals surface area contributed by atoms with Gasteiger partial charge in [0.15, 0.2) is 17.2 Å². The topological polar surface area (TPSA) is 85.7 Å². The van der Waals surface area contributed by atoms with Gasteiger partial charge in [0, 0.05) is 25.4 Å². The minimum Gasteiger partial charge on any atom is -0.493 e. The van der Waals surface area contributed by atoms with E-state index in [1.807, 2.05) is 0 Å². The fraction of sp³-hybridized carbons (Fsp3) is 0.320. The molecule has 3 aromatic rings. The maximum atomic E-state index is 14.9. The van der Waals surface area contributed by atoms with Crippen molar-refractivity contribution in [2.75, 3.05) is 27.3 Å². The number of halogens is 4. The Kier molecular flexibility index (Phi) is 7.10. The number of amides is 2. The number of alkyl halides is 3. The summed E-state index contributed by atoms with van der Waals surface area (Å²) in [5.74, 6) is -1.36. The smallest absolute Gasteiger partial charge is 0.435 e. The Labute approximate surface area is 209 Å². The summed E-state index contributed by atoms with van der Waals surface area (Å²) in [6, 6.07) is 8.57. The van der Waals surface area contributed by atoms with Crippen molar-refractivity contribution in [1.29, 1.82) is 0 Å². The minimum atomic E-state index is -4.84. The molecule has 1 N–H and O–H groups in total. The van der Waals surface area contributed by atoms with Gasteiger partial charge in [-0.3, -0.25) is 14.3 Å². The molecule has 1 aliphatic rings. The monoisotopic (exact) mass is 520 g/mol. The third-order valence-electron chi connectivity index (χ3n) is 6.14. The standard InChI is InChI=1S/C25H24F4N4O4/c1-32-13-17(23(31-32)25(27,28)29)24(35)30-12-21(34)33-9-8-14-10-19(36-2)20(37-3)11-16(14)22(33)15-6-4-5-7-18(15)26/h4-7,10-11,13,22H,8-9,12H2,1-3H3,(H,30,35). The van der Waals surface area contributed by atoms with E-state index >= 15 is 0 Å². The van der Waals surface area contributed by atoms with Gasteiger partial charge in [0.1, 0.15) is 5.82 Å². The number of rotatable bonds is 6. The van der Waals surface area contributed by atoms with Gasteiger partial charge in [-0.25, -0.2) is 4.39 Å². The Balaban J connectivity index is 1.65. The van der Waals surface area contributed by atoms with E-state index in [9.17, 15) is 27.2 Å². The molecule has 2 heterocycles. The summed E-state index contributed by atoms with van der Waals surface area (Å²) in [4.78, 5) is 27.2. The summed E-state index contributed by atoms with van der Waals surface area (Å²) in [7, 11) is 4.20. The Hall–Kier alpha value is -4.09. The van der Waals surface area contributed by atoms with E-state index in [0.717, 1.165) is 16.4 Å². The molecule has 0 spiro atoms. The van der Waals surface area contributed by atoms with E-state index in [1.54, 1.807) is 24.3 Å². The number of methoxy groups -OCH3 is 2. The highest BCUT2D eigenvalue weighted by Gasteiger charge is 2.39. The molecular formula is C25H24F4N4O4. The van der Waals surface area contributed by atoms with Gasteiger partial charge in [0.05, 0.1) is 32.4 Å². The Bertz CT molecular complexity index is 1340. The number of nitrogens with zero attached hydrogens (tertiary/aromatic N) is 3. The second-order valence-electron chi connectivity index (χ2n) is 8.41. The number of fused-ring (bicyclic) bond motifs is 1. The van der Waals surface area contributed by atoms with Gasteiger partial charge >= 0.3 is 6.18 Å². The third kappa shape index (κ3) is 5.09. The zero-order valence-electron chi connectivity index (χ0n) is 20.2. The van der Waals surface area contributed by atoms with Crippen LogP contribution in [0.1, 0.15) is 38.8 Å². The van der Waals surface area contributed by atoms with Crippen molar-refractivity contribution in [3.05, 3.63) is 76.4 Å². The number of hydrogen-bond donors (Lipinski definition) is 1. The van der Waals surface area contributed by atoms with Gasteiger partial charge in [-0.2, -0.15) is 18.3 Å². The molecule has 1 aliphatic heterocycles. The van der Waals surface area contributed by atoms with Crippen molar-refractivity contribution in [2.24, 2.45) is 7.05 Å². The second-order valence-corrected chi connectivity index (χ2v) is 8.41. The van der Waals surface area contributed by atoms with Gasteiger partial charge in [0.25, 0.3) is 5.91 Å². The fourth-order valence-corrected chi connectivity index (χ4v) is 4.46. The van der Waals surface area contributed by atoms with Crippen LogP contribution in [-0.2, 0) is 24.4 Å². The van der Waals surface area contributed by atoms with E-state index in [-0.39, 0.29) is 12.1 Å². The molecule has 0 fully saturated rings. The number of benzene rings is 2. The molecule has 0 aliphatic carbocycles. The maximum Gasteiger partial charge on any atom is 0.435 e. The van der Waals surface area contributed by atoms with E-state index in [2.05, 4.69) is 10.4 Å². The van der Waals surface area contributed by atoms with Gasteiger partial charge in [-0.15, -0.1) is 0 Å². The third-order valence-corrected chi connectivity index (χ3v) is 6.14. The zero-order chi connectivity index (χ0) is 26.9. The molecule has 0 radical (unpaired) electrons. The molecule has 1 aromatic heterocycles. The Morgan fingerprint density at radius 3 is 2.43 bits per heavy atom. The highest BCUT2D eigenvalue weighted by molar-refractivity contribution is 5.97. The van der Waals surface area contributed by atoms with E-state index in [0.29, 0.717) is 23.5 Å². The number of aromatic nitrogens is 2. The van der Waals surface area contributed by atoms with Crippen LogP contribution in [0, 0.1) is 5.82 Å². The number of ether oxygens (including phenoxy) is 2. The van der Waals surface area contributed by atoms with Crippen molar-refractivity contribution in [3.8, 4) is 11.5 Å². The summed E-state index contributed by atoms with van der Waals surface area (Å²) in [5.41, 5.74) is -0.391. The van der Waals surface area contributed by atoms with Gasteiger partial charge < -0.3 is 19.7 Å². The predicted molar refractivity (Wildman–Crippen MR) is 124 cm³/mol. The van der Waals surface area contributed by atoms with Crippen LogP contribution in [0.2, 0.25) is 0 Å². The molecule has 2 aromatic carbocycles. The van der Waals surface area contributed by atoms with Crippen LogP contribution in [0.25, 0.3) is 0 Å². The molecule has 0 bridgehead atoms. The summed E-state index contributed by atoms with van der Waals surface area (Å²) >= 11 is 0. The SMILES string of the molecule is COc1cc2c(cc1OC)C(c1ccccc1F)N(C(=O)CNC(=O)c1cn(C)nc1C(F)(F)F)CC2. The molecule has 2 amide bonds. The van der Waals surface area contributed by atoms with Crippen LogP contribution in [0.5, 0.6) is 11.5 Å². The highest BCUT2D eigenvalue weighted by atomic mass is 19.4. The summed E-state index contributed by atoms with van der Waals surface area (Å²) in [5, 5.41) is 5.56. The molecule has 0 saturated carbocycles. The lowest BCUT2D eigenvalue weighted by molar-refractivity contribution is -0.141. The first-order chi connectivity index (χ1) is 17.5. The molecular weight excluding hydrogens is 496 g/mol. The van der Waals surface area contributed by atoms with Crippen molar-refractivity contribution < 1.29 is 36.6 Å². The molecule has 12 heteroatoms. The lowest BCUT2D eigenvalue weighted by atomic mass is 9.87. The fourth-order valence-electron chi connectivity index (χ4n) is 4.46. The average molecular weight is 520 g/mol. The average Bonchev–Trinajstić information content (AvgIpc) is 3.28. The van der Waals surface area contributed by atoms with E-state index in [4.69, 9.17) is 9.47 Å². The molecule has 4 rings (SSSR count). The molecule has 8 nitrogen and oxygen atoms in total. The normalized spacial score (nSPS) is 15.2. The minimum absolute atomic E-state index is 0.177. The first kappa shape index (κ1) is 26.0. The van der Waals surface area contributed by atoms with Crippen LogP contribution < -0.4 is 14.8 Å². The predicted octanol–water partition coefficient (Wildman–Crippen LogP) is 3.50. The molecule has 37 heavy (non-hydrogen) atoms. The molecule has 1 atom stereocenters. The quantitative estimate of drug-likeness (QED) is 0.503. The lowest BCUT2D eigenvalue weighted by Crippen LogP contribution is -2.46. The van der Waals surface area contributed by atoms with Crippen LogP contribution in [0.4, 0.5) is 17.6 Å². The summed E-state index contributed by atoms with van der Waals surface area (Å²) in [6.45, 7) is -0.421. The van der Waals surface area contributed by atoms with Gasteiger partial charge in [-0.1, -0.05) is 18.2 Å². The number of hydrogen-bond acceptors (Lipinski definition) is 5. The van der Waals surface area contributed by atoms with Crippen LogP contribution in [0.15, 0.2) is 42.6 Å². The van der Waals surface area contributed by atoms with Crippen LogP contribution in [0.3, 0.4) is 0 Å². The largest absolute Gasteiger partial charge is 0.493 e. The van der Waals surface area contributed by atoms with Crippen molar-refractivity contribution in [3.63, 3.8) is 0 Å². The van der Waals surface area contributed by atoms with E-state index < -0.39 is 47.7 Å². The van der Waals surface area contributed by atoms with Gasteiger partial charge in [0.2, 0.25) is 5.91 Å². The number of carbonyl (C=O) groups excluding carboxylic acids is 2. The van der Waals surface area contributed by atoms with Gasteiger partial charge in [-0.05, 0) is 35.7 Å². The maximum absolute atomic E-state index is 14.9. The zero-order valence-corrected chi connectivity index (χ0v) is 20.2. The van der Waals surface area contributed by atoms with Crippen molar-refractivity contribution >= 4 is 11.8 Å². The highest BCUT2D eigenvalue weighted by Crippen LogP contribution is 2.41. The molecule has 196 valence electrons. The Morgan fingerprint density at radius 2 is 1.78 bits per heavy atom. The van der Waals surface area contributed by atoms with Crippen molar-refractivity contribution in [2.45, 2.75) is 18.6 Å². The number of carbonyl (C=O) groups is 2. The second kappa shape index (κ2) is 10.1. The molecule has 0 saturated heterocycles. The Morgan fingerprint density at radius 1 is 1.11 bits per heavy atom. The number of aryl methyl sites for hydroxylation is 1. The lowest BCUT2D eigenvalue weighted by Gasteiger charge is -2.38. The van der Waals surface area contributed by atoms with Crippen LogP contribution >= 0.6 is 0 Å². The summed E-state index contributed by atoms with van der Waals surface area (Å²) in [6.07, 6.45) is -3.51. The molecule has 1 unspecified atom stereocenters.